The molecular weight excluding hydrogens is 370 g/mol. The second-order valence-electron chi connectivity index (χ2n) is 4.79. The molecule has 7 heteroatoms. The van der Waals surface area contributed by atoms with Gasteiger partial charge in [-0.25, -0.2) is 14.6 Å². The summed E-state index contributed by atoms with van der Waals surface area (Å²) in [6, 6.07) is 5.97. The Bertz CT molecular complexity index is 1180. The zero-order valence-corrected chi connectivity index (χ0v) is 13.8. The zero-order valence-electron chi connectivity index (χ0n) is 19.2. The van der Waals surface area contributed by atoms with Crippen LogP contribution in [0.4, 0.5) is 5.95 Å². The summed E-state index contributed by atoms with van der Waals surface area (Å²) < 4.78 is 54.8. The zero-order chi connectivity index (χ0) is 23.2. The lowest BCUT2D eigenvalue weighted by atomic mass is 10.0. The van der Waals surface area contributed by atoms with Gasteiger partial charge in [0.2, 0.25) is 5.95 Å². The molecule has 6 nitrogen and oxygen atoms in total. The predicted octanol–water partition coefficient (Wildman–Crippen LogP) is 3.29. The Kier molecular flexibility index (Phi) is 2.63. The molecule has 1 aromatic carbocycles. The molecule has 0 aliphatic carbocycles. The molecule has 24 heavy (non-hydrogen) atoms. The highest BCUT2D eigenvalue weighted by Gasteiger charge is 2.15. The van der Waals surface area contributed by atoms with Gasteiger partial charge in [-0.05, 0) is 25.8 Å². The molecule has 0 unspecified atom stereocenters. The van der Waals surface area contributed by atoms with Crippen molar-refractivity contribution in [2.24, 2.45) is 0 Å². The summed E-state index contributed by atoms with van der Waals surface area (Å²) in [7, 11) is 0. The van der Waals surface area contributed by atoms with Crippen LogP contribution in [0.25, 0.3) is 22.5 Å². The van der Waals surface area contributed by atoms with Crippen LogP contribution in [0, 0.1) is 0 Å². The number of hydrogen-bond acceptors (Lipinski definition) is 5. The van der Waals surface area contributed by atoms with Crippen LogP contribution in [0.5, 0.6) is 0 Å². The molecule has 0 atom stereocenters. The largest absolute Gasteiger partial charge is 0.368 e. The van der Waals surface area contributed by atoms with Crippen LogP contribution in [0.1, 0.15) is 29.3 Å². The quantitative estimate of drug-likeness (QED) is 0.738. The van der Waals surface area contributed by atoms with Gasteiger partial charge in [-0.15, -0.1) is 0 Å². The van der Waals surface area contributed by atoms with Crippen LogP contribution in [0.15, 0.2) is 51.9 Å². The lowest BCUT2D eigenvalue weighted by molar-refractivity contribution is 0.505. The van der Waals surface area contributed by atoms with Crippen molar-refractivity contribution < 1.29 is 9.60 Å². The third kappa shape index (κ3) is 3.07. The summed E-state index contributed by atoms with van der Waals surface area (Å²) in [5, 5.41) is 3.95. The fourth-order valence-corrected chi connectivity index (χ4v) is 2.63. The van der Waals surface area contributed by atoms with Gasteiger partial charge in [-0.3, -0.25) is 4.79 Å². The number of halogens is 1. The van der Waals surface area contributed by atoms with Gasteiger partial charge >= 0.3 is 0 Å². The third-order valence-corrected chi connectivity index (χ3v) is 3.92. The molecule has 122 valence electrons. The molecule has 0 aliphatic rings. The predicted molar refractivity (Wildman–Crippen MR) is 97.5 cm³/mol. The van der Waals surface area contributed by atoms with Crippen LogP contribution in [-0.4, -0.2) is 19.7 Å². The number of nitrogens with two attached hydrogens (primary N) is 1. The molecular formula is C17H16BrN5O. The average Bonchev–Trinajstić information content (AvgIpc) is 2.66. The van der Waals surface area contributed by atoms with Crippen LogP contribution in [-0.2, 0) is 0 Å². The van der Waals surface area contributed by atoms with E-state index >= 15 is 0 Å². The number of hydrogen-bond donors (Lipinski definition) is 1. The molecule has 2 heterocycles. The Morgan fingerprint density at radius 3 is 2.79 bits per heavy atom. The Morgan fingerprint density at radius 1 is 1.25 bits per heavy atom. The molecule has 3 aromatic rings. The van der Waals surface area contributed by atoms with E-state index in [-0.39, 0.29) is 21.9 Å². The van der Waals surface area contributed by atoms with Gasteiger partial charge in [0, 0.05) is 36.1 Å². The van der Waals surface area contributed by atoms with E-state index in [1.807, 2.05) is 0 Å². The summed E-state index contributed by atoms with van der Waals surface area (Å²) >= 11 is 3.42. The Morgan fingerprint density at radius 2 is 2.04 bits per heavy atom. The van der Waals surface area contributed by atoms with E-state index in [2.05, 4.69) is 31.0 Å². The second kappa shape index (κ2) is 6.52. The van der Waals surface area contributed by atoms with Crippen LogP contribution < -0.4 is 11.3 Å². The van der Waals surface area contributed by atoms with E-state index in [4.69, 9.17) is 15.3 Å². The molecule has 0 bridgehead atoms. The molecule has 0 aliphatic heterocycles. The fraction of sp³-hybridized carbons (Fsp3) is 0.176. The van der Waals surface area contributed by atoms with E-state index in [0.29, 0.717) is 15.7 Å². The van der Waals surface area contributed by atoms with E-state index in [0.717, 1.165) is 6.07 Å². The molecule has 0 saturated carbocycles. The number of aromatic nitrogens is 4. The number of nitrogens with zero attached hydrogens (tertiary/aromatic N) is 4. The van der Waals surface area contributed by atoms with Crippen molar-refractivity contribution in [1.29, 1.82) is 0 Å². The smallest absolute Gasteiger partial charge is 0.267 e. The number of nitrogen functional groups attached to an aromatic ring is 1. The highest BCUT2D eigenvalue weighted by molar-refractivity contribution is 9.10. The van der Waals surface area contributed by atoms with Crippen molar-refractivity contribution in [3.8, 4) is 22.5 Å². The minimum Gasteiger partial charge on any atom is -0.368 e. The van der Waals surface area contributed by atoms with E-state index in [1.54, 1.807) is 24.3 Å². The minimum absolute atomic E-state index is 0.00419. The van der Waals surface area contributed by atoms with Gasteiger partial charge < -0.3 is 5.73 Å². The summed E-state index contributed by atoms with van der Waals surface area (Å²) in [5.74, 6) is -0.0392. The maximum atomic E-state index is 12.4. The highest BCUT2D eigenvalue weighted by atomic mass is 79.9. The van der Waals surface area contributed by atoms with Gasteiger partial charge in [0.15, 0.2) is 0 Å². The SMILES string of the molecule is [2H]C([2H])([2H])C([2H])(n1nc(-c2cnc(N)nc2-c2ccccc2Br)ccc1=O)C([2H])([2H])[2H]. The number of anilines is 1. The van der Waals surface area contributed by atoms with Crippen LogP contribution in [0.2, 0.25) is 0 Å². The Labute approximate surface area is 157 Å². The first kappa shape index (κ1) is 9.68. The molecule has 0 fully saturated rings. The maximum Gasteiger partial charge on any atom is 0.267 e. The molecule has 2 N–H and O–H groups in total. The van der Waals surface area contributed by atoms with Crippen molar-refractivity contribution in [3.05, 3.63) is 57.4 Å². The lowest BCUT2D eigenvalue weighted by Gasteiger charge is -2.13. The summed E-state index contributed by atoms with van der Waals surface area (Å²) in [6.45, 7) is -6.76. The van der Waals surface area contributed by atoms with Gasteiger partial charge in [0.1, 0.15) is 0 Å². The first-order valence-corrected chi connectivity index (χ1v) is 7.55. The summed E-state index contributed by atoms with van der Waals surface area (Å²) in [6.07, 6.45) is 1.32. The van der Waals surface area contributed by atoms with E-state index < -0.39 is 25.3 Å². The maximum absolute atomic E-state index is 12.4. The Balaban J connectivity index is 2.32. The van der Waals surface area contributed by atoms with E-state index in [9.17, 15) is 4.79 Å². The summed E-state index contributed by atoms with van der Waals surface area (Å²) in [5.41, 5.74) is 5.86. The topological polar surface area (TPSA) is 86.7 Å². The monoisotopic (exact) mass is 392 g/mol. The standard InChI is InChI=1S/C17H16BrN5O/c1-10(2)23-15(24)8-7-14(22-23)12-9-20-17(19)21-16(12)11-5-3-4-6-13(11)18/h3-10H,1-2H3,(H2,19,20,21)/i1D3,2D3,10D. The van der Waals surface area contributed by atoms with Crippen LogP contribution in [0.3, 0.4) is 0 Å². The van der Waals surface area contributed by atoms with Crippen molar-refractivity contribution in [2.45, 2.75) is 19.7 Å². The minimum atomic E-state index is -3.38. The van der Waals surface area contributed by atoms with Crippen molar-refractivity contribution >= 4 is 21.9 Å². The van der Waals surface area contributed by atoms with Gasteiger partial charge in [0.25, 0.3) is 5.56 Å². The Hall–Kier alpha value is -2.54. The van der Waals surface area contributed by atoms with Crippen molar-refractivity contribution in [3.63, 3.8) is 0 Å². The summed E-state index contributed by atoms with van der Waals surface area (Å²) in [4.78, 5) is 20.6. The lowest BCUT2D eigenvalue weighted by Crippen LogP contribution is -2.24. The molecule has 0 amide bonds. The van der Waals surface area contributed by atoms with Gasteiger partial charge in [-0.1, -0.05) is 34.1 Å². The highest BCUT2D eigenvalue weighted by Crippen LogP contribution is 2.33. The van der Waals surface area contributed by atoms with E-state index in [1.165, 1.54) is 12.3 Å². The second-order valence-corrected chi connectivity index (χ2v) is 5.64. The van der Waals surface area contributed by atoms with Crippen molar-refractivity contribution in [1.82, 2.24) is 19.7 Å². The first-order chi connectivity index (χ1) is 14.3. The first-order valence-electron chi connectivity index (χ1n) is 10.3. The molecule has 2 aromatic heterocycles. The molecule has 0 radical (unpaired) electrons. The fourth-order valence-electron chi connectivity index (χ4n) is 2.16. The molecule has 0 spiro atoms. The van der Waals surface area contributed by atoms with Gasteiger partial charge in [-0.2, -0.15) is 5.10 Å². The number of rotatable bonds is 3. The van der Waals surface area contributed by atoms with Crippen LogP contribution >= 0.6 is 15.9 Å². The molecule has 0 saturated heterocycles. The average molecular weight is 393 g/mol. The van der Waals surface area contributed by atoms with Crippen molar-refractivity contribution in [2.75, 3.05) is 5.73 Å². The number of benzene rings is 1. The molecule has 3 rings (SSSR count). The third-order valence-electron chi connectivity index (χ3n) is 3.22. The van der Waals surface area contributed by atoms with Gasteiger partial charge in [0.05, 0.1) is 18.8 Å². The normalized spacial score (nSPS) is 16.8.